The Labute approximate surface area is 107 Å². The van der Waals surface area contributed by atoms with Crippen molar-refractivity contribution in [1.29, 1.82) is 0 Å². The largest absolute Gasteiger partial charge is 0.354 e. The molecule has 4 nitrogen and oxygen atoms in total. The Hall–Kier alpha value is -2.10. The number of nitrogens with one attached hydrogen (secondary N) is 2. The predicted octanol–water partition coefficient (Wildman–Crippen LogP) is 3.35. The van der Waals surface area contributed by atoms with Crippen LogP contribution in [0.2, 0.25) is 0 Å². The summed E-state index contributed by atoms with van der Waals surface area (Å²) in [5, 5.41) is 6.48. The molecule has 2 aromatic rings. The van der Waals surface area contributed by atoms with Crippen molar-refractivity contribution in [2.45, 2.75) is 20.3 Å². The smallest absolute Gasteiger partial charge is 0.224 e. The molecular weight excluding hydrogens is 224 g/mol. The van der Waals surface area contributed by atoms with E-state index in [-0.39, 0.29) is 0 Å². The van der Waals surface area contributed by atoms with Crippen LogP contribution in [0.4, 0.5) is 17.5 Å². The Kier molecular flexibility index (Phi) is 4.12. The zero-order valence-electron chi connectivity index (χ0n) is 10.8. The molecular formula is C14H18N4. The van der Waals surface area contributed by atoms with Crippen molar-refractivity contribution in [3.05, 3.63) is 42.1 Å². The first-order chi connectivity index (χ1) is 8.79. The summed E-state index contributed by atoms with van der Waals surface area (Å²) in [5.41, 5.74) is 2.06. The fourth-order valence-corrected chi connectivity index (χ4v) is 1.55. The standard InChI is InChI=1S/C14H18N4/c1-3-9-15-14-16-10-11(2)13(18-14)17-12-7-5-4-6-8-12/h4-8,10H,3,9H2,1-2H3,(H2,15,16,17,18). The first-order valence-electron chi connectivity index (χ1n) is 6.19. The fraction of sp³-hybridized carbons (Fsp3) is 0.286. The number of aromatic nitrogens is 2. The van der Waals surface area contributed by atoms with Crippen molar-refractivity contribution < 1.29 is 0 Å². The minimum atomic E-state index is 0.667. The summed E-state index contributed by atoms with van der Waals surface area (Å²) in [4.78, 5) is 8.73. The summed E-state index contributed by atoms with van der Waals surface area (Å²) < 4.78 is 0. The van der Waals surface area contributed by atoms with E-state index in [4.69, 9.17) is 0 Å². The van der Waals surface area contributed by atoms with Gasteiger partial charge in [-0.25, -0.2) is 4.98 Å². The Morgan fingerprint density at radius 3 is 2.67 bits per heavy atom. The lowest BCUT2D eigenvalue weighted by Crippen LogP contribution is -2.06. The lowest BCUT2D eigenvalue weighted by atomic mass is 10.3. The van der Waals surface area contributed by atoms with E-state index in [0.29, 0.717) is 5.95 Å². The van der Waals surface area contributed by atoms with Gasteiger partial charge in [0.2, 0.25) is 5.95 Å². The molecule has 1 aromatic carbocycles. The van der Waals surface area contributed by atoms with E-state index in [0.717, 1.165) is 30.0 Å². The van der Waals surface area contributed by atoms with E-state index >= 15 is 0 Å². The van der Waals surface area contributed by atoms with Crippen LogP contribution < -0.4 is 10.6 Å². The summed E-state index contributed by atoms with van der Waals surface area (Å²) in [6, 6.07) is 10.0. The zero-order valence-corrected chi connectivity index (χ0v) is 10.8. The third-order valence-electron chi connectivity index (χ3n) is 2.54. The summed E-state index contributed by atoms with van der Waals surface area (Å²) in [7, 11) is 0. The van der Waals surface area contributed by atoms with E-state index < -0.39 is 0 Å². The molecule has 1 heterocycles. The van der Waals surface area contributed by atoms with Gasteiger partial charge in [-0.1, -0.05) is 25.1 Å². The monoisotopic (exact) mass is 242 g/mol. The highest BCUT2D eigenvalue weighted by atomic mass is 15.1. The van der Waals surface area contributed by atoms with Crippen molar-refractivity contribution >= 4 is 17.5 Å². The predicted molar refractivity (Wildman–Crippen MR) is 75.3 cm³/mol. The number of hydrogen-bond donors (Lipinski definition) is 2. The van der Waals surface area contributed by atoms with Gasteiger partial charge in [0.25, 0.3) is 0 Å². The molecule has 0 aliphatic rings. The van der Waals surface area contributed by atoms with Crippen LogP contribution in [0.1, 0.15) is 18.9 Å². The maximum atomic E-state index is 4.47. The Balaban J connectivity index is 2.16. The highest BCUT2D eigenvalue weighted by Crippen LogP contribution is 2.18. The quantitative estimate of drug-likeness (QED) is 0.844. The average Bonchev–Trinajstić information content (AvgIpc) is 2.41. The number of rotatable bonds is 5. The Bertz CT molecular complexity index is 496. The van der Waals surface area contributed by atoms with Gasteiger partial charge in [0.1, 0.15) is 5.82 Å². The summed E-state index contributed by atoms with van der Waals surface area (Å²) >= 11 is 0. The molecule has 1 aromatic heterocycles. The second kappa shape index (κ2) is 6.00. The van der Waals surface area contributed by atoms with Crippen LogP contribution in [0.15, 0.2) is 36.5 Å². The van der Waals surface area contributed by atoms with Gasteiger partial charge in [-0.15, -0.1) is 0 Å². The third kappa shape index (κ3) is 3.20. The number of anilines is 3. The van der Waals surface area contributed by atoms with Crippen molar-refractivity contribution in [2.75, 3.05) is 17.2 Å². The van der Waals surface area contributed by atoms with Crippen molar-refractivity contribution in [3.63, 3.8) is 0 Å². The number of benzene rings is 1. The lowest BCUT2D eigenvalue weighted by Gasteiger charge is -2.10. The highest BCUT2D eigenvalue weighted by Gasteiger charge is 2.03. The molecule has 94 valence electrons. The van der Waals surface area contributed by atoms with Crippen molar-refractivity contribution in [2.24, 2.45) is 0 Å². The van der Waals surface area contributed by atoms with E-state index in [1.807, 2.05) is 43.5 Å². The zero-order chi connectivity index (χ0) is 12.8. The number of hydrogen-bond acceptors (Lipinski definition) is 4. The van der Waals surface area contributed by atoms with E-state index in [1.165, 1.54) is 0 Å². The molecule has 0 saturated carbocycles. The summed E-state index contributed by atoms with van der Waals surface area (Å²) in [5.74, 6) is 1.51. The van der Waals surface area contributed by atoms with E-state index in [9.17, 15) is 0 Å². The molecule has 0 radical (unpaired) electrons. The molecule has 0 amide bonds. The fourth-order valence-electron chi connectivity index (χ4n) is 1.55. The maximum Gasteiger partial charge on any atom is 0.224 e. The Morgan fingerprint density at radius 2 is 1.94 bits per heavy atom. The van der Waals surface area contributed by atoms with Gasteiger partial charge in [0.05, 0.1) is 0 Å². The molecule has 2 rings (SSSR count). The van der Waals surface area contributed by atoms with Gasteiger partial charge in [-0.2, -0.15) is 4.98 Å². The summed E-state index contributed by atoms with van der Waals surface area (Å²) in [6.07, 6.45) is 2.88. The van der Waals surface area contributed by atoms with Gasteiger partial charge in [-0.3, -0.25) is 0 Å². The molecule has 4 heteroatoms. The summed E-state index contributed by atoms with van der Waals surface area (Å²) in [6.45, 7) is 4.99. The molecule has 0 atom stereocenters. The minimum Gasteiger partial charge on any atom is -0.354 e. The minimum absolute atomic E-state index is 0.667. The van der Waals surface area contributed by atoms with Crippen LogP contribution in [0.25, 0.3) is 0 Å². The lowest BCUT2D eigenvalue weighted by molar-refractivity contribution is 0.950. The van der Waals surface area contributed by atoms with Crippen molar-refractivity contribution in [1.82, 2.24) is 9.97 Å². The molecule has 0 bridgehead atoms. The SMILES string of the molecule is CCCNc1ncc(C)c(Nc2ccccc2)n1. The first kappa shape index (κ1) is 12.4. The van der Waals surface area contributed by atoms with Crippen LogP contribution in [0.5, 0.6) is 0 Å². The second-order valence-corrected chi connectivity index (χ2v) is 4.14. The normalized spacial score (nSPS) is 10.1. The molecule has 0 aliphatic carbocycles. The van der Waals surface area contributed by atoms with Gasteiger partial charge in [-0.05, 0) is 25.5 Å². The van der Waals surface area contributed by atoms with E-state index in [1.54, 1.807) is 0 Å². The molecule has 0 saturated heterocycles. The van der Waals surface area contributed by atoms with Gasteiger partial charge < -0.3 is 10.6 Å². The third-order valence-corrected chi connectivity index (χ3v) is 2.54. The van der Waals surface area contributed by atoms with Crippen LogP contribution in [0.3, 0.4) is 0 Å². The van der Waals surface area contributed by atoms with Crippen LogP contribution >= 0.6 is 0 Å². The number of aryl methyl sites for hydroxylation is 1. The maximum absolute atomic E-state index is 4.47. The molecule has 0 spiro atoms. The van der Waals surface area contributed by atoms with Crippen molar-refractivity contribution in [3.8, 4) is 0 Å². The molecule has 2 N–H and O–H groups in total. The molecule has 18 heavy (non-hydrogen) atoms. The molecule has 0 aliphatic heterocycles. The van der Waals surface area contributed by atoms with Crippen LogP contribution in [0, 0.1) is 6.92 Å². The number of nitrogens with zero attached hydrogens (tertiary/aromatic N) is 2. The molecule has 0 fully saturated rings. The van der Waals surface area contributed by atoms with Crippen LogP contribution in [-0.4, -0.2) is 16.5 Å². The average molecular weight is 242 g/mol. The highest BCUT2D eigenvalue weighted by molar-refractivity contribution is 5.59. The molecule has 0 unspecified atom stereocenters. The van der Waals surface area contributed by atoms with Gasteiger partial charge >= 0.3 is 0 Å². The van der Waals surface area contributed by atoms with E-state index in [2.05, 4.69) is 27.5 Å². The first-order valence-corrected chi connectivity index (χ1v) is 6.19. The topological polar surface area (TPSA) is 49.8 Å². The van der Waals surface area contributed by atoms with Crippen LogP contribution in [-0.2, 0) is 0 Å². The second-order valence-electron chi connectivity index (χ2n) is 4.14. The number of para-hydroxylation sites is 1. The van der Waals surface area contributed by atoms with Gasteiger partial charge in [0.15, 0.2) is 0 Å². The van der Waals surface area contributed by atoms with Gasteiger partial charge in [0, 0.05) is 24.0 Å². The Morgan fingerprint density at radius 1 is 1.17 bits per heavy atom.